The molecule has 0 spiro atoms. The van der Waals surface area contributed by atoms with E-state index < -0.39 is 0 Å². The van der Waals surface area contributed by atoms with Crippen molar-refractivity contribution in [1.82, 2.24) is 4.90 Å². The third kappa shape index (κ3) is 2.26. The van der Waals surface area contributed by atoms with Crippen LogP contribution >= 0.6 is 0 Å². The first-order valence-electron chi connectivity index (χ1n) is 8.79. The summed E-state index contributed by atoms with van der Waals surface area (Å²) in [6, 6.07) is 15.1. The maximum Gasteiger partial charge on any atom is 0.230 e. The number of aromatic nitrogens is 1. The van der Waals surface area contributed by atoms with Gasteiger partial charge in [0.25, 0.3) is 0 Å². The quantitative estimate of drug-likeness (QED) is 0.784. The molecule has 2 aliphatic heterocycles. The minimum Gasteiger partial charge on any atom is -0.346 e. The molecule has 2 aromatic rings. The number of pyridine rings is 1. The Morgan fingerprint density at radius 3 is 2.16 bits per heavy atom. The highest BCUT2D eigenvalue weighted by Crippen LogP contribution is 2.42. The molecule has 2 atom stereocenters. The third-order valence-corrected chi connectivity index (χ3v) is 5.60. The second-order valence-corrected chi connectivity index (χ2v) is 6.91. The van der Waals surface area contributed by atoms with E-state index in [9.17, 15) is 0 Å². The van der Waals surface area contributed by atoms with Gasteiger partial charge in [0.1, 0.15) is 11.9 Å². The van der Waals surface area contributed by atoms with Gasteiger partial charge in [0.15, 0.2) is 6.17 Å². The number of para-hydroxylation sites is 2. The number of rotatable bonds is 2. The maximum atomic E-state index is 2.41. The summed E-state index contributed by atoms with van der Waals surface area (Å²) < 4.78 is 2.28. The molecule has 0 saturated heterocycles. The number of anilines is 4. The van der Waals surface area contributed by atoms with Crippen LogP contribution in [0.25, 0.3) is 0 Å². The summed E-state index contributed by atoms with van der Waals surface area (Å²) in [5.74, 6) is 2.38. The van der Waals surface area contributed by atoms with E-state index in [1.54, 1.807) is 0 Å². The minimum atomic E-state index is 0.271. The molecule has 0 unspecified atom stereocenters. The monoisotopic (exact) mass is 336 g/mol. The largest absolute Gasteiger partial charge is 0.346 e. The van der Waals surface area contributed by atoms with E-state index >= 15 is 0 Å². The van der Waals surface area contributed by atoms with Gasteiger partial charge in [0.2, 0.25) is 11.6 Å². The fourth-order valence-corrected chi connectivity index (χ4v) is 3.81. The lowest BCUT2D eigenvalue weighted by Crippen LogP contribution is -2.47. The summed E-state index contributed by atoms with van der Waals surface area (Å²) in [6.07, 6.45) is 4.86. The van der Waals surface area contributed by atoms with Gasteiger partial charge in [-0.25, -0.2) is 14.4 Å². The van der Waals surface area contributed by atoms with Crippen LogP contribution in [0.5, 0.6) is 0 Å². The first kappa shape index (κ1) is 15.8. The molecule has 0 aliphatic carbocycles. The van der Waals surface area contributed by atoms with Crippen LogP contribution < -0.4 is 19.3 Å². The van der Waals surface area contributed by atoms with E-state index in [-0.39, 0.29) is 6.17 Å². The summed E-state index contributed by atoms with van der Waals surface area (Å²) in [7, 11) is 6.42. The van der Waals surface area contributed by atoms with Crippen LogP contribution in [0, 0.1) is 0 Å². The number of hydrogen-bond donors (Lipinski definition) is 0. The fourth-order valence-electron chi connectivity index (χ4n) is 3.81. The smallest absolute Gasteiger partial charge is 0.230 e. The topological polar surface area (TPSA) is 16.8 Å². The van der Waals surface area contributed by atoms with Crippen molar-refractivity contribution in [3.05, 3.63) is 54.9 Å². The van der Waals surface area contributed by atoms with E-state index in [1.807, 2.05) is 0 Å². The van der Waals surface area contributed by atoms with Crippen molar-refractivity contribution < 1.29 is 4.57 Å². The second-order valence-electron chi connectivity index (χ2n) is 6.91. The zero-order valence-corrected chi connectivity index (χ0v) is 15.6. The Hall–Kier alpha value is -2.69. The zero-order chi connectivity index (χ0) is 17.7. The van der Waals surface area contributed by atoms with Crippen LogP contribution in [0.2, 0.25) is 0 Å². The molecular formula is C20H26N5+. The fraction of sp³-hybridized carbons (Fsp3) is 0.350. The number of hydrogen-bond acceptors (Lipinski definition) is 4. The molecule has 3 heterocycles. The Bertz CT molecular complexity index is 831. The van der Waals surface area contributed by atoms with E-state index in [0.717, 1.165) is 0 Å². The van der Waals surface area contributed by atoms with Gasteiger partial charge in [0.05, 0.1) is 18.9 Å². The van der Waals surface area contributed by atoms with Crippen molar-refractivity contribution in [2.75, 3.05) is 28.8 Å². The summed E-state index contributed by atoms with van der Waals surface area (Å²) in [4.78, 5) is 9.26. The lowest BCUT2D eigenvalue weighted by Gasteiger charge is -2.27. The Labute approximate surface area is 150 Å². The van der Waals surface area contributed by atoms with E-state index in [0.29, 0.717) is 6.17 Å². The zero-order valence-electron chi connectivity index (χ0n) is 15.6. The third-order valence-electron chi connectivity index (χ3n) is 5.60. The van der Waals surface area contributed by atoms with Crippen LogP contribution in [-0.2, 0) is 7.05 Å². The standard InChI is InChI=1S/C20H26N5/c1-15-21(3)13-14-24(15)19-11-8-12-20(23(19)5)25-16(2)22(4)17-9-6-7-10-18(17)25/h6-16H,1-5H3/q+1/t15-,16+/m0/s1. The van der Waals surface area contributed by atoms with Crippen molar-refractivity contribution in [2.45, 2.75) is 26.2 Å². The average Bonchev–Trinajstić information content (AvgIpc) is 3.07. The lowest BCUT2D eigenvalue weighted by atomic mass is 10.2. The van der Waals surface area contributed by atoms with E-state index in [1.165, 1.54) is 23.0 Å². The Morgan fingerprint density at radius 1 is 0.800 bits per heavy atom. The van der Waals surface area contributed by atoms with Crippen molar-refractivity contribution in [2.24, 2.45) is 7.05 Å². The number of fused-ring (bicyclic) bond motifs is 1. The Balaban J connectivity index is 1.80. The molecule has 25 heavy (non-hydrogen) atoms. The molecule has 0 saturated carbocycles. The minimum absolute atomic E-state index is 0.271. The summed E-state index contributed by atoms with van der Waals surface area (Å²) >= 11 is 0. The Kier molecular flexibility index (Phi) is 3.60. The van der Waals surface area contributed by atoms with Crippen LogP contribution in [0.15, 0.2) is 54.9 Å². The first-order chi connectivity index (χ1) is 12.0. The lowest BCUT2D eigenvalue weighted by molar-refractivity contribution is -0.645. The van der Waals surface area contributed by atoms with Gasteiger partial charge >= 0.3 is 0 Å². The molecule has 0 bridgehead atoms. The summed E-state index contributed by atoms with van der Waals surface area (Å²) in [6.45, 7) is 4.47. The second kappa shape index (κ2) is 5.69. The van der Waals surface area contributed by atoms with Crippen LogP contribution in [0.4, 0.5) is 23.0 Å². The van der Waals surface area contributed by atoms with Crippen molar-refractivity contribution in [3.63, 3.8) is 0 Å². The highest BCUT2D eigenvalue weighted by atomic mass is 15.5. The predicted octanol–water partition coefficient (Wildman–Crippen LogP) is 3.01. The molecule has 5 nitrogen and oxygen atoms in total. The van der Waals surface area contributed by atoms with Crippen LogP contribution in [0.1, 0.15) is 13.8 Å². The van der Waals surface area contributed by atoms with Crippen molar-refractivity contribution >= 4 is 23.0 Å². The molecule has 0 amide bonds. The van der Waals surface area contributed by atoms with Crippen LogP contribution in [0.3, 0.4) is 0 Å². The van der Waals surface area contributed by atoms with Gasteiger partial charge in [-0.3, -0.25) is 0 Å². The SMILES string of the molecule is C[C@@H]1N(C)c2ccccc2N1c1cccc(N2C=CN(C)[C@@H]2C)[n+]1C. The van der Waals surface area contributed by atoms with Gasteiger partial charge in [0, 0.05) is 32.4 Å². The molecule has 1 aromatic carbocycles. The molecule has 1 aromatic heterocycles. The van der Waals surface area contributed by atoms with Crippen molar-refractivity contribution in [3.8, 4) is 0 Å². The molecule has 4 rings (SSSR count). The maximum absolute atomic E-state index is 2.41. The molecule has 0 N–H and O–H groups in total. The highest BCUT2D eigenvalue weighted by molar-refractivity contribution is 5.81. The van der Waals surface area contributed by atoms with E-state index in [4.69, 9.17) is 0 Å². The predicted molar refractivity (Wildman–Crippen MR) is 103 cm³/mol. The molecule has 130 valence electrons. The summed E-state index contributed by atoms with van der Waals surface area (Å²) in [5, 5.41) is 0. The normalized spacial score (nSPS) is 22.1. The average molecular weight is 336 g/mol. The molecular weight excluding hydrogens is 310 g/mol. The number of benzene rings is 1. The van der Waals surface area contributed by atoms with Gasteiger partial charge in [-0.1, -0.05) is 12.1 Å². The van der Waals surface area contributed by atoms with Gasteiger partial charge < -0.3 is 9.80 Å². The Morgan fingerprint density at radius 2 is 1.48 bits per heavy atom. The molecule has 0 fully saturated rings. The van der Waals surface area contributed by atoms with E-state index in [2.05, 4.69) is 114 Å². The van der Waals surface area contributed by atoms with Crippen LogP contribution in [-0.4, -0.2) is 31.3 Å². The van der Waals surface area contributed by atoms with Gasteiger partial charge in [-0.2, -0.15) is 0 Å². The molecule has 2 aliphatic rings. The van der Waals surface area contributed by atoms with Crippen molar-refractivity contribution in [1.29, 1.82) is 0 Å². The first-order valence-corrected chi connectivity index (χ1v) is 8.79. The van der Waals surface area contributed by atoms with Gasteiger partial charge in [-0.05, 0) is 32.0 Å². The highest BCUT2D eigenvalue weighted by Gasteiger charge is 2.38. The summed E-state index contributed by atoms with van der Waals surface area (Å²) in [5.41, 5.74) is 2.53. The van der Waals surface area contributed by atoms with Gasteiger partial charge in [-0.15, -0.1) is 0 Å². The number of nitrogens with zero attached hydrogens (tertiary/aromatic N) is 5. The molecule has 0 radical (unpaired) electrons. The molecule has 5 heteroatoms.